The minimum absolute atomic E-state index is 0.153. The predicted molar refractivity (Wildman–Crippen MR) is 117 cm³/mol. The first kappa shape index (κ1) is 21.9. The van der Waals surface area contributed by atoms with Crippen LogP contribution in [0.4, 0.5) is 19.3 Å². The van der Waals surface area contributed by atoms with E-state index in [-0.39, 0.29) is 6.54 Å². The van der Waals surface area contributed by atoms with E-state index in [0.717, 1.165) is 23.8 Å². The Labute approximate surface area is 187 Å². The summed E-state index contributed by atoms with van der Waals surface area (Å²) in [7, 11) is 0. The van der Waals surface area contributed by atoms with Crippen molar-refractivity contribution >= 4 is 11.7 Å². The van der Waals surface area contributed by atoms with Crippen LogP contribution in [0.1, 0.15) is 12.5 Å². The molecule has 0 N–H and O–H groups in total. The number of tetrazole rings is 1. The fourth-order valence-corrected chi connectivity index (χ4v) is 3.26. The first-order valence-corrected chi connectivity index (χ1v) is 10.1. The molecule has 0 spiro atoms. The number of benzene rings is 3. The van der Waals surface area contributed by atoms with Crippen molar-refractivity contribution < 1.29 is 18.3 Å². The predicted octanol–water partition coefficient (Wildman–Crippen LogP) is 4.30. The standard InChI is InChI=1S/C23H19F2N5O3/c1-3-28(19-13-12-15(2)14-20(19)33-16-8-5-4-6-9-16)22(31)30-23(32)29(26-27-30)21-17(24)10-7-11-18(21)25/h4-14H,3H2,1-2H3. The number of amides is 1. The highest BCUT2D eigenvalue weighted by Gasteiger charge is 2.26. The number of aryl methyl sites for hydroxylation is 1. The van der Waals surface area contributed by atoms with Gasteiger partial charge in [-0.2, -0.15) is 4.68 Å². The van der Waals surface area contributed by atoms with E-state index in [4.69, 9.17) is 4.74 Å². The Balaban J connectivity index is 1.74. The van der Waals surface area contributed by atoms with Crippen molar-refractivity contribution in [3.63, 3.8) is 0 Å². The maximum Gasteiger partial charge on any atom is 0.377 e. The van der Waals surface area contributed by atoms with E-state index >= 15 is 0 Å². The number of para-hydroxylation sites is 2. The van der Waals surface area contributed by atoms with Crippen LogP contribution >= 0.6 is 0 Å². The van der Waals surface area contributed by atoms with Crippen molar-refractivity contribution in [3.05, 3.63) is 94.4 Å². The lowest BCUT2D eigenvalue weighted by atomic mass is 10.2. The van der Waals surface area contributed by atoms with E-state index < -0.39 is 29.0 Å². The molecule has 0 unspecified atom stereocenters. The van der Waals surface area contributed by atoms with Gasteiger partial charge in [0.15, 0.2) is 17.4 Å². The van der Waals surface area contributed by atoms with Gasteiger partial charge in [-0.1, -0.05) is 30.3 Å². The van der Waals surface area contributed by atoms with E-state index in [2.05, 4.69) is 10.4 Å². The molecule has 0 saturated carbocycles. The number of carbonyl (C=O) groups excluding carboxylic acids is 1. The van der Waals surface area contributed by atoms with Gasteiger partial charge in [0, 0.05) is 6.54 Å². The molecular formula is C23H19F2N5O3. The third kappa shape index (κ3) is 4.22. The average Bonchev–Trinajstić information content (AvgIpc) is 3.17. The first-order valence-electron chi connectivity index (χ1n) is 10.1. The second-order valence-electron chi connectivity index (χ2n) is 7.07. The number of ether oxygens (including phenoxy) is 1. The van der Waals surface area contributed by atoms with Crippen LogP contribution in [0.3, 0.4) is 0 Å². The molecule has 0 aliphatic carbocycles. The second-order valence-corrected chi connectivity index (χ2v) is 7.07. The summed E-state index contributed by atoms with van der Waals surface area (Å²) >= 11 is 0. The summed E-state index contributed by atoms with van der Waals surface area (Å²) < 4.78 is 35.1. The molecule has 4 rings (SSSR count). The van der Waals surface area contributed by atoms with Crippen LogP contribution in [-0.4, -0.2) is 32.4 Å². The summed E-state index contributed by atoms with van der Waals surface area (Å²) in [6.07, 6.45) is 0. The molecule has 0 fully saturated rings. The normalized spacial score (nSPS) is 10.8. The highest BCUT2D eigenvalue weighted by molar-refractivity contribution is 5.94. The van der Waals surface area contributed by atoms with Crippen LogP contribution in [0.15, 0.2) is 71.5 Å². The molecule has 1 amide bonds. The minimum atomic E-state index is -1.11. The molecule has 0 aliphatic heterocycles. The van der Waals surface area contributed by atoms with Crippen molar-refractivity contribution in [2.75, 3.05) is 11.4 Å². The maximum absolute atomic E-state index is 14.1. The lowest BCUT2D eigenvalue weighted by Crippen LogP contribution is -2.41. The quantitative estimate of drug-likeness (QED) is 0.423. The van der Waals surface area contributed by atoms with Crippen molar-refractivity contribution in [2.24, 2.45) is 0 Å². The van der Waals surface area contributed by atoms with Crippen LogP contribution in [-0.2, 0) is 0 Å². The van der Waals surface area contributed by atoms with Gasteiger partial charge in [-0.3, -0.25) is 4.90 Å². The number of aromatic nitrogens is 4. The minimum Gasteiger partial charge on any atom is -0.455 e. The van der Waals surface area contributed by atoms with Crippen LogP contribution in [0.25, 0.3) is 5.69 Å². The van der Waals surface area contributed by atoms with Gasteiger partial charge in [-0.25, -0.2) is 18.4 Å². The molecule has 33 heavy (non-hydrogen) atoms. The molecule has 0 atom stereocenters. The summed E-state index contributed by atoms with van der Waals surface area (Å²) in [5.41, 5.74) is -0.546. The molecule has 10 heteroatoms. The van der Waals surface area contributed by atoms with Crippen molar-refractivity contribution in [2.45, 2.75) is 13.8 Å². The van der Waals surface area contributed by atoms with Crippen molar-refractivity contribution in [1.82, 2.24) is 19.8 Å². The maximum atomic E-state index is 14.1. The number of anilines is 1. The topological polar surface area (TPSA) is 82.3 Å². The Kier molecular flexibility index (Phi) is 5.99. The number of rotatable bonds is 5. The number of nitrogens with zero attached hydrogens (tertiary/aromatic N) is 5. The molecule has 3 aromatic carbocycles. The molecule has 8 nitrogen and oxygen atoms in total. The molecule has 4 aromatic rings. The van der Waals surface area contributed by atoms with Gasteiger partial charge >= 0.3 is 11.7 Å². The lowest BCUT2D eigenvalue weighted by molar-refractivity contribution is 0.244. The Bertz CT molecular complexity index is 1350. The van der Waals surface area contributed by atoms with Crippen LogP contribution in [0, 0.1) is 18.6 Å². The molecule has 0 bridgehead atoms. The number of hydrogen-bond donors (Lipinski definition) is 0. The van der Waals surface area contributed by atoms with E-state index in [0.29, 0.717) is 26.6 Å². The molecule has 168 valence electrons. The van der Waals surface area contributed by atoms with Gasteiger partial charge in [0.25, 0.3) is 0 Å². The lowest BCUT2D eigenvalue weighted by Gasteiger charge is -2.23. The molecular weight excluding hydrogens is 432 g/mol. The monoisotopic (exact) mass is 451 g/mol. The third-order valence-electron chi connectivity index (χ3n) is 4.84. The highest BCUT2D eigenvalue weighted by Crippen LogP contribution is 2.33. The summed E-state index contributed by atoms with van der Waals surface area (Å²) in [4.78, 5) is 27.3. The van der Waals surface area contributed by atoms with Crippen LogP contribution in [0.5, 0.6) is 11.5 Å². The number of halogens is 2. The van der Waals surface area contributed by atoms with E-state index in [9.17, 15) is 18.4 Å². The molecule has 0 saturated heterocycles. The van der Waals surface area contributed by atoms with E-state index in [1.165, 1.54) is 4.90 Å². The van der Waals surface area contributed by atoms with Crippen molar-refractivity contribution in [3.8, 4) is 17.2 Å². The zero-order valence-electron chi connectivity index (χ0n) is 17.8. The largest absolute Gasteiger partial charge is 0.455 e. The molecule has 0 aliphatic rings. The third-order valence-corrected chi connectivity index (χ3v) is 4.84. The highest BCUT2D eigenvalue weighted by atomic mass is 19.1. The van der Waals surface area contributed by atoms with Gasteiger partial charge in [-0.05, 0) is 66.2 Å². The fourth-order valence-electron chi connectivity index (χ4n) is 3.26. The Morgan fingerprint density at radius 2 is 1.70 bits per heavy atom. The number of hydrogen-bond acceptors (Lipinski definition) is 5. The Morgan fingerprint density at radius 1 is 1.00 bits per heavy atom. The first-order chi connectivity index (χ1) is 15.9. The molecule has 0 radical (unpaired) electrons. The van der Waals surface area contributed by atoms with Gasteiger partial charge in [-0.15, -0.1) is 4.68 Å². The Morgan fingerprint density at radius 3 is 2.36 bits per heavy atom. The average molecular weight is 451 g/mol. The number of carbonyl (C=O) groups is 1. The van der Waals surface area contributed by atoms with Gasteiger partial charge < -0.3 is 4.74 Å². The fraction of sp³-hybridized carbons (Fsp3) is 0.130. The zero-order chi connectivity index (χ0) is 23.5. The van der Waals surface area contributed by atoms with Gasteiger partial charge in [0.2, 0.25) is 0 Å². The summed E-state index contributed by atoms with van der Waals surface area (Å²) in [5.74, 6) is -1.08. The summed E-state index contributed by atoms with van der Waals surface area (Å²) in [6, 6.07) is 16.5. The van der Waals surface area contributed by atoms with Crippen LogP contribution in [0.2, 0.25) is 0 Å². The van der Waals surface area contributed by atoms with Crippen LogP contribution < -0.4 is 15.3 Å². The Hall–Kier alpha value is -4.34. The zero-order valence-corrected chi connectivity index (χ0v) is 17.8. The smallest absolute Gasteiger partial charge is 0.377 e. The van der Waals surface area contributed by atoms with Crippen molar-refractivity contribution in [1.29, 1.82) is 0 Å². The van der Waals surface area contributed by atoms with Gasteiger partial charge in [0.1, 0.15) is 11.4 Å². The molecule has 1 heterocycles. The summed E-state index contributed by atoms with van der Waals surface area (Å²) in [5, 5.41) is 7.05. The van der Waals surface area contributed by atoms with E-state index in [1.54, 1.807) is 37.3 Å². The van der Waals surface area contributed by atoms with Gasteiger partial charge in [0.05, 0.1) is 5.69 Å². The molecule has 1 aromatic heterocycles. The summed E-state index contributed by atoms with van der Waals surface area (Å²) in [6.45, 7) is 3.73. The second kappa shape index (κ2) is 9.03. The van der Waals surface area contributed by atoms with E-state index in [1.807, 2.05) is 25.1 Å². The SMILES string of the molecule is CCN(C(=O)n1nnn(-c2c(F)cccc2F)c1=O)c1ccc(C)cc1Oc1ccccc1.